The Balaban J connectivity index is 0.000000172. The molecule has 1 atom stereocenters. The number of likely N-dealkylation sites (N-methyl/N-ethyl adjacent to an activating group) is 2. The third kappa shape index (κ3) is 4.34. The largest absolute Gasteiger partial charge is 0.312 e. The minimum absolute atomic E-state index is 0.114. The van der Waals surface area contributed by atoms with E-state index >= 15 is 0 Å². The number of rotatable bonds is 3. The fraction of sp³-hybridized carbons (Fsp3) is 0.208. The summed E-state index contributed by atoms with van der Waals surface area (Å²) in [6, 6.07) is 12.3. The molecule has 1 unspecified atom stereocenters. The van der Waals surface area contributed by atoms with E-state index in [4.69, 9.17) is 23.2 Å². The SMILES string of the molecule is CCN1C(=O)C(Cc2ccncn2)c2cc(Cl)ccc21.CN1C(=O)C(=O)c2cc(Cl)ccc21. The van der Waals surface area contributed by atoms with Gasteiger partial charge in [-0.1, -0.05) is 23.2 Å². The van der Waals surface area contributed by atoms with Crippen LogP contribution in [0.1, 0.15) is 34.5 Å². The molecule has 9 heteroatoms. The Labute approximate surface area is 201 Å². The van der Waals surface area contributed by atoms with E-state index < -0.39 is 11.7 Å². The first kappa shape index (κ1) is 22.9. The number of benzene rings is 2. The zero-order valence-electron chi connectivity index (χ0n) is 18.0. The molecular formula is C24H20Cl2N4O3. The van der Waals surface area contributed by atoms with E-state index in [1.165, 1.54) is 17.3 Å². The Bertz CT molecular complexity index is 1250. The molecule has 2 aliphatic heterocycles. The molecule has 2 amide bonds. The van der Waals surface area contributed by atoms with Gasteiger partial charge in [-0.25, -0.2) is 9.97 Å². The van der Waals surface area contributed by atoms with E-state index in [1.807, 2.05) is 31.2 Å². The third-order valence-electron chi connectivity index (χ3n) is 5.66. The second-order valence-corrected chi connectivity index (χ2v) is 8.47. The first-order valence-electron chi connectivity index (χ1n) is 10.3. The molecule has 0 spiro atoms. The maximum Gasteiger partial charge on any atom is 0.299 e. The summed E-state index contributed by atoms with van der Waals surface area (Å²) >= 11 is 11.8. The van der Waals surface area contributed by atoms with Crippen LogP contribution in [0.5, 0.6) is 0 Å². The molecule has 5 rings (SSSR count). The van der Waals surface area contributed by atoms with Crippen LogP contribution in [0, 0.1) is 0 Å². The average molecular weight is 483 g/mol. The highest BCUT2D eigenvalue weighted by Crippen LogP contribution is 2.40. The second kappa shape index (κ2) is 9.29. The van der Waals surface area contributed by atoms with Gasteiger partial charge in [-0.15, -0.1) is 0 Å². The van der Waals surface area contributed by atoms with Crippen molar-refractivity contribution < 1.29 is 14.4 Å². The Morgan fingerprint density at radius 2 is 1.67 bits per heavy atom. The van der Waals surface area contributed by atoms with E-state index in [0.717, 1.165) is 16.9 Å². The smallest absolute Gasteiger partial charge is 0.299 e. The summed E-state index contributed by atoms with van der Waals surface area (Å²) in [6.07, 6.45) is 3.77. The van der Waals surface area contributed by atoms with Crippen molar-refractivity contribution in [2.75, 3.05) is 23.4 Å². The number of Topliss-reactive ketones (excluding diaryl/α,β-unsaturated/α-hetero) is 1. The highest BCUT2D eigenvalue weighted by atomic mass is 35.5. The number of amides is 2. The topological polar surface area (TPSA) is 83.5 Å². The summed E-state index contributed by atoms with van der Waals surface area (Å²) in [5.74, 6) is -1.08. The summed E-state index contributed by atoms with van der Waals surface area (Å²) in [7, 11) is 1.57. The number of fused-ring (bicyclic) bond motifs is 2. The average Bonchev–Trinajstić information content (AvgIpc) is 3.19. The van der Waals surface area contributed by atoms with Crippen molar-refractivity contribution in [1.29, 1.82) is 0 Å². The Hall–Kier alpha value is -3.29. The van der Waals surface area contributed by atoms with Crippen LogP contribution in [0.15, 0.2) is 55.0 Å². The maximum atomic E-state index is 12.5. The predicted octanol–water partition coefficient (Wildman–Crippen LogP) is 4.32. The molecule has 0 radical (unpaired) electrons. The molecule has 0 fully saturated rings. The van der Waals surface area contributed by atoms with Crippen LogP contribution >= 0.6 is 23.2 Å². The van der Waals surface area contributed by atoms with Gasteiger partial charge in [-0.05, 0) is 55.0 Å². The predicted molar refractivity (Wildman–Crippen MR) is 127 cm³/mol. The molecule has 3 heterocycles. The molecule has 168 valence electrons. The van der Waals surface area contributed by atoms with Crippen molar-refractivity contribution in [3.8, 4) is 0 Å². The number of hydrogen-bond acceptors (Lipinski definition) is 5. The first-order chi connectivity index (χ1) is 15.8. The molecule has 33 heavy (non-hydrogen) atoms. The van der Waals surface area contributed by atoms with Crippen molar-refractivity contribution in [1.82, 2.24) is 9.97 Å². The zero-order chi connectivity index (χ0) is 23.7. The van der Waals surface area contributed by atoms with Gasteiger partial charge in [0.2, 0.25) is 5.91 Å². The van der Waals surface area contributed by atoms with Gasteiger partial charge in [0.15, 0.2) is 0 Å². The molecule has 0 aliphatic carbocycles. The van der Waals surface area contributed by atoms with E-state index in [9.17, 15) is 14.4 Å². The summed E-state index contributed by atoms with van der Waals surface area (Å²) in [5, 5.41) is 1.12. The second-order valence-electron chi connectivity index (χ2n) is 7.60. The maximum absolute atomic E-state index is 12.5. The lowest BCUT2D eigenvalue weighted by Crippen LogP contribution is -2.29. The van der Waals surface area contributed by atoms with Crippen LogP contribution in [-0.4, -0.2) is 41.2 Å². The van der Waals surface area contributed by atoms with Gasteiger partial charge in [0.25, 0.3) is 11.7 Å². The van der Waals surface area contributed by atoms with Crippen LogP contribution in [0.25, 0.3) is 0 Å². The molecule has 2 aliphatic rings. The lowest BCUT2D eigenvalue weighted by Gasteiger charge is -2.15. The molecule has 3 aromatic rings. The van der Waals surface area contributed by atoms with Crippen LogP contribution < -0.4 is 9.80 Å². The van der Waals surface area contributed by atoms with E-state index in [2.05, 4.69) is 9.97 Å². The molecule has 0 N–H and O–H groups in total. The van der Waals surface area contributed by atoms with Crippen molar-refractivity contribution >= 4 is 52.2 Å². The van der Waals surface area contributed by atoms with Gasteiger partial charge in [0, 0.05) is 47.6 Å². The number of carbonyl (C=O) groups is 3. The van der Waals surface area contributed by atoms with Crippen LogP contribution in [-0.2, 0) is 16.0 Å². The summed E-state index contributed by atoms with van der Waals surface area (Å²) < 4.78 is 0. The number of carbonyl (C=O) groups excluding carboxylic acids is 3. The molecular weight excluding hydrogens is 463 g/mol. The number of nitrogens with zero attached hydrogens (tertiary/aromatic N) is 4. The Kier molecular flexibility index (Phi) is 6.44. The molecule has 7 nitrogen and oxygen atoms in total. The first-order valence-corrected chi connectivity index (χ1v) is 11.0. The number of aromatic nitrogens is 2. The van der Waals surface area contributed by atoms with Gasteiger partial charge >= 0.3 is 0 Å². The van der Waals surface area contributed by atoms with Gasteiger partial charge in [0.1, 0.15) is 6.33 Å². The lowest BCUT2D eigenvalue weighted by atomic mass is 9.95. The molecule has 0 saturated heterocycles. The number of halogens is 2. The van der Waals surface area contributed by atoms with E-state index in [-0.39, 0.29) is 11.8 Å². The Morgan fingerprint density at radius 1 is 0.970 bits per heavy atom. The fourth-order valence-electron chi connectivity index (χ4n) is 4.02. The quantitative estimate of drug-likeness (QED) is 0.519. The Morgan fingerprint density at radius 3 is 2.33 bits per heavy atom. The van der Waals surface area contributed by atoms with Gasteiger partial charge in [-0.2, -0.15) is 0 Å². The van der Waals surface area contributed by atoms with Gasteiger partial charge in [-0.3, -0.25) is 14.4 Å². The normalized spacial score (nSPS) is 16.5. The third-order valence-corrected chi connectivity index (χ3v) is 6.13. The molecule has 1 aromatic heterocycles. The van der Waals surface area contributed by atoms with Crippen LogP contribution in [0.3, 0.4) is 0 Å². The van der Waals surface area contributed by atoms with Gasteiger partial charge < -0.3 is 9.80 Å². The number of anilines is 2. The van der Waals surface area contributed by atoms with Crippen LogP contribution in [0.2, 0.25) is 10.0 Å². The minimum Gasteiger partial charge on any atom is -0.312 e. The monoisotopic (exact) mass is 482 g/mol. The van der Waals surface area contributed by atoms with Crippen molar-refractivity contribution in [3.05, 3.63) is 81.9 Å². The van der Waals surface area contributed by atoms with Gasteiger partial charge in [0.05, 0.1) is 17.2 Å². The zero-order valence-corrected chi connectivity index (χ0v) is 19.5. The summed E-state index contributed by atoms with van der Waals surface area (Å²) in [4.78, 5) is 46.3. The highest BCUT2D eigenvalue weighted by Gasteiger charge is 2.36. The molecule has 0 saturated carbocycles. The standard InChI is InChI=1S/C15H14ClN3O.C9H6ClNO2/c1-2-19-14-4-3-10(16)7-12(14)13(15(19)20)8-11-5-6-17-9-18-11;1-11-7-3-2-5(10)4-6(7)8(12)9(11)13/h3-7,9,13H,2,8H2,1H3;2-4H,1H3. The summed E-state index contributed by atoms with van der Waals surface area (Å²) in [6.45, 7) is 2.64. The number of hydrogen-bond donors (Lipinski definition) is 0. The van der Waals surface area contributed by atoms with Crippen LogP contribution in [0.4, 0.5) is 11.4 Å². The van der Waals surface area contributed by atoms with E-state index in [1.54, 1.807) is 30.3 Å². The summed E-state index contributed by atoms with van der Waals surface area (Å²) in [5.41, 5.74) is 3.82. The number of ketones is 1. The fourth-order valence-corrected chi connectivity index (χ4v) is 4.37. The molecule has 2 aromatic carbocycles. The molecule has 0 bridgehead atoms. The van der Waals surface area contributed by atoms with E-state index in [0.29, 0.717) is 34.3 Å². The highest BCUT2D eigenvalue weighted by molar-refractivity contribution is 6.52. The van der Waals surface area contributed by atoms with Crippen molar-refractivity contribution in [2.45, 2.75) is 19.3 Å². The van der Waals surface area contributed by atoms with Crippen molar-refractivity contribution in [2.24, 2.45) is 0 Å². The van der Waals surface area contributed by atoms with Crippen molar-refractivity contribution in [3.63, 3.8) is 0 Å². The minimum atomic E-state index is -0.503. The lowest BCUT2D eigenvalue weighted by molar-refractivity contribution is -0.119.